The van der Waals surface area contributed by atoms with Crippen LogP contribution in [0.3, 0.4) is 0 Å². The quantitative estimate of drug-likeness (QED) is 0.0961. The van der Waals surface area contributed by atoms with Crippen molar-refractivity contribution in [2.45, 2.75) is 0 Å². The summed E-state index contributed by atoms with van der Waals surface area (Å²) in [7, 11) is -5.10. The minimum absolute atomic E-state index is 0.870. The zero-order valence-corrected chi connectivity index (χ0v) is 40.5. The number of rotatable bonds is 15. The van der Waals surface area contributed by atoms with E-state index in [0.717, 1.165) is 47.7 Å². The van der Waals surface area contributed by atoms with Crippen LogP contribution in [0.5, 0.6) is 0 Å². The molecule has 0 N–H and O–H groups in total. The van der Waals surface area contributed by atoms with E-state index < -0.39 is 28.3 Å². The van der Waals surface area contributed by atoms with Gasteiger partial charge in [-0.15, -0.1) is 0 Å². The molecule has 0 bridgehead atoms. The van der Waals surface area contributed by atoms with Gasteiger partial charge in [0.2, 0.25) is 0 Å². The Bertz CT molecular complexity index is 2410. The summed E-state index contributed by atoms with van der Waals surface area (Å²) in [5.74, 6) is 0. The van der Waals surface area contributed by atoms with E-state index in [0.29, 0.717) is 0 Å². The van der Waals surface area contributed by atoms with Crippen LogP contribution in [0.4, 0.5) is 0 Å². The molecule has 0 aliphatic rings. The van der Waals surface area contributed by atoms with Gasteiger partial charge in [-0.2, -0.15) is 0 Å². The zero-order chi connectivity index (χ0) is 45.0. The molecule has 0 heterocycles. The normalized spacial score (nSPS) is 14.8. The van der Waals surface area contributed by atoms with Gasteiger partial charge in [-0.25, -0.2) is 0 Å². The molecule has 0 aromatic heterocycles. The molecule has 0 aliphatic heterocycles. The molecule has 9 aromatic carbocycles. The Morgan fingerprint density at radius 2 is 0.338 bits per heavy atom. The van der Waals surface area contributed by atoms with Gasteiger partial charge in [0.15, 0.2) is 0 Å². The van der Waals surface area contributed by atoms with Gasteiger partial charge in [0.25, 0.3) is 0 Å². The fourth-order valence-corrected chi connectivity index (χ4v) is 30.9. The van der Waals surface area contributed by atoms with Crippen LogP contribution < -0.4 is 47.7 Å². The Labute approximate surface area is 384 Å². The van der Waals surface area contributed by atoms with Gasteiger partial charge in [0.05, 0.1) is 0 Å². The molecule has 0 atom stereocenters. The molecular weight excluding hydrogens is 873 g/mol. The number of phosphoric acid groups is 1. The van der Waals surface area contributed by atoms with Crippen LogP contribution in [-0.4, -0.2) is 20.0 Å². The van der Waals surface area contributed by atoms with Crippen LogP contribution in [0.25, 0.3) is 0 Å². The molecule has 0 fully saturated rings. The summed E-state index contributed by atoms with van der Waals surface area (Å²) < 4.78 is 43.2. The van der Waals surface area contributed by atoms with E-state index in [2.05, 4.69) is 129 Å². The third kappa shape index (κ3) is 7.31. The molecule has 0 saturated heterocycles. The monoisotopic (exact) mass is 926 g/mol. The molecule has 4 nitrogen and oxygen atoms in total. The van der Waals surface area contributed by atoms with Crippen molar-refractivity contribution >= 4 is 76.1 Å². The van der Waals surface area contributed by atoms with Crippen molar-refractivity contribution in [3.05, 3.63) is 273 Å². The third-order valence-electron chi connectivity index (χ3n) is 13.3. The van der Waals surface area contributed by atoms with E-state index in [9.17, 15) is 0 Å². The van der Waals surface area contributed by atoms with Crippen LogP contribution in [0.1, 0.15) is 0 Å². The van der Waals surface area contributed by atoms with Crippen LogP contribution in [0, 0.1) is 0 Å². The minimum atomic E-state index is -5.10. The Balaban J connectivity index is 1.49. The molecule has 0 amide bonds. The molecule has 8 heteroatoms. The first-order valence-electron chi connectivity index (χ1n) is 21.8. The first kappa shape index (κ1) is 44.6. The van der Waals surface area contributed by atoms with E-state index in [1.165, 1.54) is 0 Å². The molecule has 326 valence electrons. The second-order valence-corrected chi connectivity index (χ2v) is 33.4. The van der Waals surface area contributed by atoms with Crippen molar-refractivity contribution in [2.24, 2.45) is 0 Å². The van der Waals surface area contributed by atoms with Gasteiger partial charge in [0.1, 0.15) is 0 Å². The van der Waals surface area contributed by atoms with E-state index in [1.54, 1.807) is 0 Å². The average molecular weight is 927 g/mol. The Kier molecular flexibility index (Phi) is 11.9. The van der Waals surface area contributed by atoms with Gasteiger partial charge < -0.3 is 0 Å². The van der Waals surface area contributed by atoms with Crippen molar-refractivity contribution in [1.29, 1.82) is 0 Å². The van der Waals surface area contributed by atoms with Crippen LogP contribution in [0.2, 0.25) is 0 Å². The van der Waals surface area contributed by atoms with Crippen molar-refractivity contribution in [1.82, 2.24) is 0 Å². The van der Waals surface area contributed by atoms with Crippen molar-refractivity contribution in [2.75, 3.05) is 20.0 Å². The molecule has 0 spiro atoms. The fourth-order valence-electron chi connectivity index (χ4n) is 9.64. The summed E-state index contributed by atoms with van der Waals surface area (Å²) in [6.45, 7) is -6.90. The fraction of sp³-hybridized carbons (Fsp3) is 0.0526. The standard InChI is InChI=1S/C57H54O4P4/c1-63(49-31-13-4-14-32-49,50-33-15-5-16-34-50,51-35-17-6-18-36-51)59-62(58,60-64(2,52-37-19-7-20-38-52,53-39-21-8-22-40-53)54-41-23-9-24-42-54)61-65(3,55-43-25-10-26-44-55,56-45-27-11-28-46-56)57-47-29-12-30-48-57/h4-48H,1-3H3. The van der Waals surface area contributed by atoms with Gasteiger partial charge in [-0.05, 0) is 0 Å². The van der Waals surface area contributed by atoms with E-state index in [4.69, 9.17) is 12.9 Å². The summed E-state index contributed by atoms with van der Waals surface area (Å²) >= 11 is 0. The number of hydrogen-bond acceptors (Lipinski definition) is 4. The van der Waals surface area contributed by atoms with Crippen LogP contribution >= 0.6 is 28.3 Å². The summed E-state index contributed by atoms with van der Waals surface area (Å²) in [5.41, 5.74) is 0. The predicted octanol–water partition coefficient (Wildman–Crippen LogP) is 11.4. The van der Waals surface area contributed by atoms with E-state index in [1.807, 2.05) is 164 Å². The van der Waals surface area contributed by atoms with Gasteiger partial charge >= 0.3 is 387 Å². The maximum absolute atomic E-state index is 18.5. The molecule has 0 radical (unpaired) electrons. The summed E-state index contributed by atoms with van der Waals surface area (Å²) in [4.78, 5) is 0. The van der Waals surface area contributed by atoms with Gasteiger partial charge in [-0.1, -0.05) is 0 Å². The number of benzene rings is 9. The second kappa shape index (κ2) is 17.3. The summed E-state index contributed by atoms with van der Waals surface area (Å²) in [5, 5.41) is 7.83. The second-order valence-electron chi connectivity index (χ2n) is 17.1. The maximum atomic E-state index is 18.5. The van der Waals surface area contributed by atoms with Crippen molar-refractivity contribution < 1.29 is 17.5 Å². The van der Waals surface area contributed by atoms with E-state index >= 15 is 4.57 Å². The third-order valence-corrected chi connectivity index (χ3v) is 34.5. The molecule has 9 rings (SSSR count). The van der Waals surface area contributed by atoms with Crippen LogP contribution in [-0.2, 0) is 17.5 Å². The molecule has 0 saturated carbocycles. The molecule has 9 aromatic rings. The molecular formula is C57H54O4P4. The van der Waals surface area contributed by atoms with Crippen LogP contribution in [0.15, 0.2) is 273 Å². The van der Waals surface area contributed by atoms with Gasteiger partial charge in [-0.3, -0.25) is 0 Å². The molecule has 0 aliphatic carbocycles. The summed E-state index contributed by atoms with van der Waals surface area (Å²) in [6, 6.07) is 92.2. The first-order valence-corrected chi connectivity index (χ1v) is 31.1. The SMILES string of the molecule is CP(OP(=O)(OP(C)(c1ccccc1)(c1ccccc1)c1ccccc1)OP(C)(c1ccccc1)(c1ccccc1)c1ccccc1)(c1ccccc1)(c1ccccc1)c1ccccc1. The number of hydrogen-bond donors (Lipinski definition) is 0. The zero-order valence-electron chi connectivity index (χ0n) is 36.9. The molecule has 0 unspecified atom stereocenters. The topological polar surface area (TPSA) is 44.8 Å². The van der Waals surface area contributed by atoms with Gasteiger partial charge in [0, 0.05) is 0 Å². The van der Waals surface area contributed by atoms with Crippen molar-refractivity contribution in [3.8, 4) is 0 Å². The van der Waals surface area contributed by atoms with Crippen molar-refractivity contribution in [3.63, 3.8) is 0 Å². The Hall–Kier alpha value is -5.62. The Morgan fingerprint density at radius 3 is 0.446 bits per heavy atom. The molecule has 65 heavy (non-hydrogen) atoms. The predicted molar refractivity (Wildman–Crippen MR) is 284 cm³/mol. The average Bonchev–Trinajstić information content (AvgIpc) is 3.38. The first-order chi connectivity index (χ1) is 31.5. The summed E-state index contributed by atoms with van der Waals surface area (Å²) in [6.07, 6.45) is 0. The Morgan fingerprint density at radius 1 is 0.231 bits per heavy atom. The van der Waals surface area contributed by atoms with E-state index in [-0.39, 0.29) is 0 Å².